The van der Waals surface area contributed by atoms with E-state index in [1.165, 1.54) is 18.2 Å². The van der Waals surface area contributed by atoms with Gasteiger partial charge in [0.25, 0.3) is 5.91 Å². The number of aryl methyl sites for hydroxylation is 1. The highest BCUT2D eigenvalue weighted by Crippen LogP contribution is 2.13. The van der Waals surface area contributed by atoms with E-state index in [-0.39, 0.29) is 5.56 Å². The van der Waals surface area contributed by atoms with Crippen molar-refractivity contribution in [2.75, 3.05) is 6.54 Å². The zero-order valence-corrected chi connectivity index (χ0v) is 11.1. The zero-order valence-electron chi connectivity index (χ0n) is 10.2. The highest BCUT2D eigenvalue weighted by atomic mass is 32.1. The molecular weight excluding hydrogens is 269 g/mol. The second-order valence-corrected chi connectivity index (χ2v) is 4.42. The number of nitrogens with zero attached hydrogens (tertiary/aromatic N) is 2. The van der Waals surface area contributed by atoms with E-state index in [1.807, 2.05) is 0 Å². The second kappa shape index (κ2) is 5.83. The van der Waals surface area contributed by atoms with Gasteiger partial charge in [0, 0.05) is 24.8 Å². The molecule has 1 aromatic carbocycles. The second-order valence-electron chi connectivity index (χ2n) is 3.90. The first-order valence-electron chi connectivity index (χ1n) is 5.62. The van der Waals surface area contributed by atoms with Crippen LogP contribution in [0.4, 0.5) is 4.39 Å². The fourth-order valence-electron chi connectivity index (χ4n) is 1.51. The Morgan fingerprint density at radius 1 is 1.53 bits per heavy atom. The van der Waals surface area contributed by atoms with Gasteiger partial charge in [-0.3, -0.25) is 4.79 Å². The zero-order chi connectivity index (χ0) is 13.8. The van der Waals surface area contributed by atoms with E-state index in [4.69, 9.17) is 4.52 Å². The standard InChI is InChI=1S/C12H12FN3O2S/c1-7-15-11(16-18-7)4-5-14-12(17)9-6-8(19)2-3-10(9)13/h2-3,6,19H,4-5H2,1H3,(H,14,17). The van der Waals surface area contributed by atoms with Crippen molar-refractivity contribution in [3.8, 4) is 0 Å². The van der Waals surface area contributed by atoms with Crippen molar-refractivity contribution in [2.24, 2.45) is 0 Å². The molecule has 1 N–H and O–H groups in total. The molecule has 1 heterocycles. The summed E-state index contributed by atoms with van der Waals surface area (Å²) in [5, 5.41) is 6.28. The normalized spacial score (nSPS) is 10.5. The molecule has 100 valence electrons. The summed E-state index contributed by atoms with van der Waals surface area (Å²) >= 11 is 4.07. The molecule has 7 heteroatoms. The molecule has 0 radical (unpaired) electrons. The Balaban J connectivity index is 1.92. The fourth-order valence-corrected chi connectivity index (χ4v) is 1.72. The van der Waals surface area contributed by atoms with Gasteiger partial charge in [0.15, 0.2) is 5.82 Å². The molecule has 0 aliphatic rings. The maximum Gasteiger partial charge on any atom is 0.254 e. The predicted octanol–water partition coefficient (Wildman–Crippen LogP) is 1.78. The fraction of sp³-hybridized carbons (Fsp3) is 0.250. The van der Waals surface area contributed by atoms with Crippen LogP contribution in [0, 0.1) is 12.7 Å². The lowest BCUT2D eigenvalue weighted by Gasteiger charge is -2.05. The maximum atomic E-state index is 13.4. The lowest BCUT2D eigenvalue weighted by molar-refractivity contribution is 0.0949. The monoisotopic (exact) mass is 281 g/mol. The van der Waals surface area contributed by atoms with Crippen LogP contribution < -0.4 is 5.32 Å². The number of thiol groups is 1. The number of hydrogen-bond acceptors (Lipinski definition) is 5. The van der Waals surface area contributed by atoms with Gasteiger partial charge in [0.05, 0.1) is 5.56 Å². The van der Waals surface area contributed by atoms with Crippen molar-refractivity contribution in [2.45, 2.75) is 18.2 Å². The Labute approximate surface area is 114 Å². The van der Waals surface area contributed by atoms with Crippen molar-refractivity contribution in [1.82, 2.24) is 15.5 Å². The maximum absolute atomic E-state index is 13.4. The summed E-state index contributed by atoms with van der Waals surface area (Å²) in [6.07, 6.45) is 0.422. The molecule has 0 spiro atoms. The molecule has 0 unspecified atom stereocenters. The quantitative estimate of drug-likeness (QED) is 0.838. The molecule has 0 aliphatic heterocycles. The molecule has 19 heavy (non-hydrogen) atoms. The van der Waals surface area contributed by atoms with Gasteiger partial charge in [-0.1, -0.05) is 5.16 Å². The molecule has 2 aromatic rings. The minimum absolute atomic E-state index is 0.0307. The van der Waals surface area contributed by atoms with Crippen molar-refractivity contribution in [3.63, 3.8) is 0 Å². The SMILES string of the molecule is Cc1nc(CCNC(=O)c2cc(S)ccc2F)no1. The molecule has 0 fully saturated rings. The molecule has 0 aliphatic carbocycles. The van der Waals surface area contributed by atoms with Crippen LogP contribution in [0.5, 0.6) is 0 Å². The number of hydrogen-bond donors (Lipinski definition) is 2. The largest absolute Gasteiger partial charge is 0.351 e. The molecule has 1 amide bonds. The first kappa shape index (κ1) is 13.5. The number of amides is 1. The molecule has 0 saturated carbocycles. The van der Waals surface area contributed by atoms with Crippen LogP contribution >= 0.6 is 12.6 Å². The van der Waals surface area contributed by atoms with E-state index in [1.54, 1.807) is 6.92 Å². The molecule has 1 aromatic heterocycles. The van der Waals surface area contributed by atoms with Crippen LogP contribution in [-0.2, 0) is 6.42 Å². The first-order valence-corrected chi connectivity index (χ1v) is 6.07. The van der Waals surface area contributed by atoms with Gasteiger partial charge in [0.2, 0.25) is 5.89 Å². The number of carbonyl (C=O) groups excluding carboxylic acids is 1. The summed E-state index contributed by atoms with van der Waals surface area (Å²) in [7, 11) is 0. The molecule has 0 saturated heterocycles. The van der Waals surface area contributed by atoms with Crippen molar-refractivity contribution >= 4 is 18.5 Å². The van der Waals surface area contributed by atoms with Gasteiger partial charge >= 0.3 is 0 Å². The summed E-state index contributed by atoms with van der Waals surface area (Å²) in [6.45, 7) is 1.98. The van der Waals surface area contributed by atoms with E-state index in [0.717, 1.165) is 0 Å². The predicted molar refractivity (Wildman–Crippen MR) is 68.7 cm³/mol. The highest BCUT2D eigenvalue weighted by molar-refractivity contribution is 7.80. The average molecular weight is 281 g/mol. The van der Waals surface area contributed by atoms with Gasteiger partial charge in [-0.2, -0.15) is 4.98 Å². The minimum Gasteiger partial charge on any atom is -0.351 e. The lowest BCUT2D eigenvalue weighted by Crippen LogP contribution is -2.26. The lowest BCUT2D eigenvalue weighted by atomic mass is 10.2. The van der Waals surface area contributed by atoms with Crippen LogP contribution in [0.2, 0.25) is 0 Å². The van der Waals surface area contributed by atoms with Gasteiger partial charge in [-0.05, 0) is 18.2 Å². The summed E-state index contributed by atoms with van der Waals surface area (Å²) in [6, 6.07) is 4.07. The molecular formula is C12H12FN3O2S. The summed E-state index contributed by atoms with van der Waals surface area (Å²) in [5.74, 6) is -0.101. The van der Waals surface area contributed by atoms with E-state index in [0.29, 0.717) is 29.6 Å². The Kier molecular flexibility index (Phi) is 4.16. The van der Waals surface area contributed by atoms with Gasteiger partial charge < -0.3 is 9.84 Å². The molecule has 5 nitrogen and oxygen atoms in total. The van der Waals surface area contributed by atoms with Gasteiger partial charge in [-0.15, -0.1) is 12.6 Å². The van der Waals surface area contributed by atoms with E-state index in [2.05, 4.69) is 28.1 Å². The minimum atomic E-state index is -0.578. The van der Waals surface area contributed by atoms with Crippen molar-refractivity contribution in [3.05, 3.63) is 41.3 Å². The number of halogens is 1. The van der Waals surface area contributed by atoms with E-state index >= 15 is 0 Å². The number of carbonyl (C=O) groups is 1. The molecule has 0 atom stereocenters. The highest BCUT2D eigenvalue weighted by Gasteiger charge is 2.12. The Bertz CT molecular complexity index is 600. The van der Waals surface area contributed by atoms with E-state index in [9.17, 15) is 9.18 Å². The average Bonchev–Trinajstić information content (AvgIpc) is 2.78. The van der Waals surface area contributed by atoms with Gasteiger partial charge in [0.1, 0.15) is 5.82 Å². The van der Waals surface area contributed by atoms with Crippen LogP contribution in [0.25, 0.3) is 0 Å². The summed E-state index contributed by atoms with van der Waals surface area (Å²) in [5.41, 5.74) is -0.0307. The van der Waals surface area contributed by atoms with Crippen LogP contribution in [0.1, 0.15) is 22.1 Å². The van der Waals surface area contributed by atoms with E-state index < -0.39 is 11.7 Å². The van der Waals surface area contributed by atoms with Crippen LogP contribution in [0.15, 0.2) is 27.6 Å². The van der Waals surface area contributed by atoms with Gasteiger partial charge in [-0.25, -0.2) is 4.39 Å². The third-order valence-electron chi connectivity index (χ3n) is 2.40. The number of rotatable bonds is 4. The Morgan fingerprint density at radius 3 is 3.00 bits per heavy atom. The smallest absolute Gasteiger partial charge is 0.254 e. The van der Waals surface area contributed by atoms with Crippen molar-refractivity contribution < 1.29 is 13.7 Å². The van der Waals surface area contributed by atoms with Crippen LogP contribution in [-0.4, -0.2) is 22.6 Å². The topological polar surface area (TPSA) is 68.0 Å². The first-order chi connectivity index (χ1) is 9.06. The third kappa shape index (κ3) is 3.54. The molecule has 2 rings (SSSR count). The number of aromatic nitrogens is 2. The van der Waals surface area contributed by atoms with Crippen LogP contribution in [0.3, 0.4) is 0 Å². The Morgan fingerprint density at radius 2 is 2.32 bits per heavy atom. The summed E-state index contributed by atoms with van der Waals surface area (Å²) < 4.78 is 18.2. The number of nitrogens with one attached hydrogen (secondary N) is 1. The number of benzene rings is 1. The van der Waals surface area contributed by atoms with Crippen molar-refractivity contribution in [1.29, 1.82) is 0 Å². The summed E-state index contributed by atoms with van der Waals surface area (Å²) in [4.78, 5) is 16.3. The third-order valence-corrected chi connectivity index (χ3v) is 2.68. The molecule has 0 bridgehead atoms. The Hall–Kier alpha value is -1.89.